The average molecular weight is 515 g/mol. The molecule has 0 saturated heterocycles. The Bertz CT molecular complexity index is 1280. The monoisotopic (exact) mass is 514 g/mol. The molecular weight excluding hydrogens is 485 g/mol. The third-order valence-electron chi connectivity index (χ3n) is 6.21. The number of hydrogen-bond donors (Lipinski definition) is 2. The van der Waals surface area contributed by atoms with Crippen LogP contribution < -0.4 is 5.32 Å². The van der Waals surface area contributed by atoms with Crippen LogP contribution in [0.25, 0.3) is 16.6 Å². The Morgan fingerprint density at radius 1 is 1.23 bits per heavy atom. The molecule has 0 amide bonds. The molecule has 3 aromatic heterocycles. The summed E-state index contributed by atoms with van der Waals surface area (Å²) >= 11 is 0. The fourth-order valence-electron chi connectivity index (χ4n) is 4.48. The highest BCUT2D eigenvalue weighted by Gasteiger charge is 2.30. The quantitative estimate of drug-likeness (QED) is 0.474. The van der Waals surface area contributed by atoms with Crippen LogP contribution in [0.5, 0.6) is 0 Å². The third-order valence-corrected chi connectivity index (χ3v) is 7.13. The molecule has 35 heavy (non-hydrogen) atoms. The van der Waals surface area contributed by atoms with Crippen LogP contribution in [0.15, 0.2) is 24.7 Å². The van der Waals surface area contributed by atoms with Crippen molar-refractivity contribution in [2.45, 2.75) is 69.8 Å². The Hall–Kier alpha value is -2.67. The van der Waals surface area contributed by atoms with E-state index in [4.69, 9.17) is 0 Å². The van der Waals surface area contributed by atoms with Crippen molar-refractivity contribution in [3.63, 3.8) is 0 Å². The number of alkyl halides is 3. The van der Waals surface area contributed by atoms with Gasteiger partial charge in [-0.05, 0) is 38.7 Å². The molecule has 0 radical (unpaired) electrons. The van der Waals surface area contributed by atoms with Gasteiger partial charge in [0.15, 0.2) is 0 Å². The highest BCUT2D eigenvalue weighted by Crippen LogP contribution is 2.37. The summed E-state index contributed by atoms with van der Waals surface area (Å²) in [7, 11) is -3.14. The van der Waals surface area contributed by atoms with Crippen LogP contribution in [0.4, 0.5) is 19.1 Å². The molecule has 3 heterocycles. The first-order valence-electron chi connectivity index (χ1n) is 11.5. The second kappa shape index (κ2) is 9.76. The van der Waals surface area contributed by atoms with E-state index in [1.165, 1.54) is 13.2 Å². The zero-order valence-corrected chi connectivity index (χ0v) is 20.3. The van der Waals surface area contributed by atoms with Crippen molar-refractivity contribution in [2.75, 3.05) is 17.3 Å². The van der Waals surface area contributed by atoms with E-state index in [1.807, 2.05) is 6.07 Å². The van der Waals surface area contributed by atoms with Gasteiger partial charge in [0.2, 0.25) is 5.95 Å². The van der Waals surface area contributed by atoms with Crippen LogP contribution in [0, 0.1) is 0 Å². The molecule has 1 aliphatic carbocycles. The predicted molar refractivity (Wildman–Crippen MR) is 125 cm³/mol. The maximum absolute atomic E-state index is 12.8. The normalized spacial score (nSPS) is 20.3. The van der Waals surface area contributed by atoms with Gasteiger partial charge < -0.3 is 10.4 Å². The molecule has 0 aromatic carbocycles. The molecule has 1 fully saturated rings. The first kappa shape index (κ1) is 25.4. The van der Waals surface area contributed by atoms with Crippen molar-refractivity contribution in [1.29, 1.82) is 0 Å². The molecule has 13 heteroatoms. The maximum Gasteiger partial charge on any atom is 0.391 e. The van der Waals surface area contributed by atoms with Crippen LogP contribution in [0.1, 0.15) is 50.6 Å². The van der Waals surface area contributed by atoms with Gasteiger partial charge in [-0.2, -0.15) is 18.3 Å². The zero-order chi connectivity index (χ0) is 25.4. The van der Waals surface area contributed by atoms with Crippen molar-refractivity contribution in [3.05, 3.63) is 30.4 Å². The summed E-state index contributed by atoms with van der Waals surface area (Å²) in [6, 6.07) is 1.08. The number of rotatable bonds is 8. The molecule has 1 saturated carbocycles. The summed E-state index contributed by atoms with van der Waals surface area (Å²) < 4.78 is 64.6. The maximum atomic E-state index is 12.8. The van der Waals surface area contributed by atoms with E-state index in [-0.39, 0.29) is 30.3 Å². The summed E-state index contributed by atoms with van der Waals surface area (Å²) in [5.41, 5.74) is 3.11. The van der Waals surface area contributed by atoms with Crippen LogP contribution >= 0.6 is 0 Å². The van der Waals surface area contributed by atoms with E-state index in [9.17, 15) is 26.7 Å². The molecule has 0 bridgehead atoms. The Morgan fingerprint density at radius 3 is 2.60 bits per heavy atom. The Balaban J connectivity index is 1.68. The number of anilines is 1. The van der Waals surface area contributed by atoms with Crippen LogP contribution in [-0.2, 0) is 16.4 Å². The second-order valence-corrected chi connectivity index (χ2v) is 11.6. The number of nitrogens with zero attached hydrogens (tertiary/aromatic N) is 5. The summed E-state index contributed by atoms with van der Waals surface area (Å²) in [5, 5.41) is 21.5. The predicted octanol–water partition coefficient (Wildman–Crippen LogP) is 3.41. The lowest BCUT2D eigenvalue weighted by atomic mass is 9.85. The molecular formula is C22H29F3N6O3S. The highest BCUT2D eigenvalue weighted by molar-refractivity contribution is 7.90. The second-order valence-electron chi connectivity index (χ2n) is 9.35. The number of halogens is 3. The lowest BCUT2D eigenvalue weighted by Gasteiger charge is -2.25. The number of nitrogens with one attached hydrogen (secondary N) is 1. The number of fused-ring (bicyclic) bond motifs is 1. The van der Waals surface area contributed by atoms with E-state index in [0.29, 0.717) is 18.4 Å². The molecule has 1 atom stereocenters. The van der Waals surface area contributed by atoms with Gasteiger partial charge in [0.25, 0.3) is 0 Å². The van der Waals surface area contributed by atoms with Gasteiger partial charge in [-0.3, -0.25) is 4.68 Å². The van der Waals surface area contributed by atoms with E-state index < -0.39 is 28.5 Å². The van der Waals surface area contributed by atoms with E-state index in [2.05, 4.69) is 20.5 Å². The molecule has 0 aliphatic heterocycles. The number of aryl methyl sites for hydroxylation is 1. The van der Waals surface area contributed by atoms with Gasteiger partial charge in [0.05, 0.1) is 42.7 Å². The van der Waals surface area contributed by atoms with Crippen LogP contribution in [-0.4, -0.2) is 68.2 Å². The van der Waals surface area contributed by atoms with E-state index in [0.717, 1.165) is 29.7 Å². The van der Waals surface area contributed by atoms with Gasteiger partial charge in [-0.1, -0.05) is 0 Å². The summed E-state index contributed by atoms with van der Waals surface area (Å²) in [6.07, 6.45) is 3.34. The number of aliphatic hydroxyl groups is 1. The summed E-state index contributed by atoms with van der Waals surface area (Å²) in [6.45, 7) is 1.65. The van der Waals surface area contributed by atoms with Crippen molar-refractivity contribution in [1.82, 2.24) is 24.4 Å². The molecule has 0 unspecified atom stereocenters. The SMILES string of the molecule is C[C@@H](CC(F)(F)F)Nc1ncc2c(-c3cnn(CCS(C)(=O)=O)c3)cc([C@H]3CC[C@H](O)CC3)n2n1. The minimum absolute atomic E-state index is 0.0332. The number of aromatic nitrogens is 5. The molecule has 3 aromatic rings. The standard InChI is InChI=1S/C22H29F3N6O3S/c1-14(10-22(23,24)25)28-21-26-12-20-18(16-11-27-30(13-16)7-8-35(2,33)34)9-19(31(20)29-21)15-3-5-17(32)6-4-15/h9,11-15,17,32H,3-8,10H2,1-2H3,(H,28,29)/t14-,15-,17-/m0/s1. The minimum atomic E-state index is -4.30. The van der Waals surface area contributed by atoms with Gasteiger partial charge in [-0.15, -0.1) is 5.10 Å². The van der Waals surface area contributed by atoms with E-state index in [1.54, 1.807) is 27.8 Å². The zero-order valence-electron chi connectivity index (χ0n) is 19.5. The minimum Gasteiger partial charge on any atom is -0.393 e. The van der Waals surface area contributed by atoms with Crippen molar-refractivity contribution >= 4 is 21.3 Å². The van der Waals surface area contributed by atoms with E-state index >= 15 is 0 Å². The topological polar surface area (TPSA) is 114 Å². The van der Waals surface area contributed by atoms with Gasteiger partial charge in [-0.25, -0.2) is 17.9 Å². The first-order valence-corrected chi connectivity index (χ1v) is 13.5. The molecule has 9 nitrogen and oxygen atoms in total. The average Bonchev–Trinajstić information content (AvgIpc) is 3.35. The van der Waals surface area contributed by atoms with Crippen molar-refractivity contribution < 1.29 is 26.7 Å². The number of hydrogen-bond acceptors (Lipinski definition) is 7. The van der Waals surface area contributed by atoms with Crippen LogP contribution in [0.2, 0.25) is 0 Å². The number of aliphatic hydroxyl groups excluding tert-OH is 1. The largest absolute Gasteiger partial charge is 0.393 e. The summed E-state index contributed by atoms with van der Waals surface area (Å²) in [5.74, 6) is 0.182. The third kappa shape index (κ3) is 6.51. The molecule has 0 spiro atoms. The highest BCUT2D eigenvalue weighted by atomic mass is 32.2. The van der Waals surface area contributed by atoms with Gasteiger partial charge in [0, 0.05) is 41.2 Å². The molecule has 4 rings (SSSR count). The van der Waals surface area contributed by atoms with Gasteiger partial charge >= 0.3 is 6.18 Å². The van der Waals surface area contributed by atoms with Crippen LogP contribution in [0.3, 0.4) is 0 Å². The number of sulfone groups is 1. The van der Waals surface area contributed by atoms with Crippen molar-refractivity contribution in [3.8, 4) is 11.1 Å². The smallest absolute Gasteiger partial charge is 0.391 e. The Morgan fingerprint density at radius 2 is 1.94 bits per heavy atom. The first-order chi connectivity index (χ1) is 16.4. The van der Waals surface area contributed by atoms with Gasteiger partial charge in [0.1, 0.15) is 9.84 Å². The lowest BCUT2D eigenvalue weighted by molar-refractivity contribution is -0.136. The lowest BCUT2D eigenvalue weighted by Crippen LogP contribution is -2.25. The fourth-order valence-corrected chi connectivity index (χ4v) is 5.00. The van der Waals surface area contributed by atoms with Crippen molar-refractivity contribution in [2.24, 2.45) is 0 Å². The fraction of sp³-hybridized carbons (Fsp3) is 0.591. The Kier molecular flexibility index (Phi) is 7.09. The summed E-state index contributed by atoms with van der Waals surface area (Å²) in [4.78, 5) is 4.25. The molecule has 1 aliphatic rings. The molecule has 2 N–H and O–H groups in total. The Labute approximate surface area is 201 Å². The molecule has 192 valence electrons.